The molecule has 0 spiro atoms. The highest BCUT2D eigenvalue weighted by Crippen LogP contribution is 2.17. The van der Waals surface area contributed by atoms with Crippen LogP contribution >= 0.6 is 15.9 Å². The van der Waals surface area contributed by atoms with Crippen LogP contribution in [-0.2, 0) is 11.2 Å². The highest BCUT2D eigenvalue weighted by Gasteiger charge is 2.16. The minimum absolute atomic E-state index is 0.0387. The smallest absolute Gasteiger partial charge is 0.220 e. The molecule has 0 saturated heterocycles. The monoisotopic (exact) mass is 312 g/mol. The Hall–Kier alpha value is -0.870. The number of benzene rings is 1. The Morgan fingerprint density at radius 3 is 2.67 bits per heavy atom. The summed E-state index contributed by atoms with van der Waals surface area (Å²) in [6, 6.07) is 7.97. The van der Waals surface area contributed by atoms with Crippen molar-refractivity contribution in [3.8, 4) is 0 Å². The molecule has 1 rings (SSSR count). The average Bonchev–Trinajstić information content (AvgIpc) is 2.35. The van der Waals surface area contributed by atoms with E-state index in [4.69, 9.17) is 5.73 Å². The molecular formula is C14H21BrN2O. The first-order valence-corrected chi connectivity index (χ1v) is 6.94. The molecule has 3 nitrogen and oxygen atoms in total. The Kier molecular flexibility index (Phi) is 5.82. The number of rotatable bonds is 6. The predicted molar refractivity (Wildman–Crippen MR) is 78.3 cm³/mol. The first-order valence-electron chi connectivity index (χ1n) is 6.15. The average molecular weight is 313 g/mol. The molecular weight excluding hydrogens is 292 g/mol. The van der Waals surface area contributed by atoms with Crippen molar-refractivity contribution in [3.05, 3.63) is 34.3 Å². The highest BCUT2D eigenvalue weighted by molar-refractivity contribution is 9.10. The molecule has 3 N–H and O–H groups in total. The van der Waals surface area contributed by atoms with Gasteiger partial charge in [0.25, 0.3) is 0 Å². The van der Waals surface area contributed by atoms with Gasteiger partial charge in [-0.2, -0.15) is 0 Å². The van der Waals surface area contributed by atoms with Gasteiger partial charge < -0.3 is 11.1 Å². The van der Waals surface area contributed by atoms with Crippen molar-refractivity contribution >= 4 is 21.8 Å². The Labute approximate surface area is 117 Å². The molecule has 0 aliphatic carbocycles. The fraction of sp³-hybridized carbons (Fsp3) is 0.500. The van der Waals surface area contributed by atoms with E-state index in [0.29, 0.717) is 19.5 Å². The van der Waals surface area contributed by atoms with Crippen molar-refractivity contribution in [2.24, 2.45) is 11.1 Å². The van der Waals surface area contributed by atoms with Crippen molar-refractivity contribution < 1.29 is 4.79 Å². The molecule has 1 amide bonds. The van der Waals surface area contributed by atoms with Crippen molar-refractivity contribution in [2.75, 3.05) is 13.1 Å². The maximum atomic E-state index is 11.7. The Bertz CT molecular complexity index is 405. The third kappa shape index (κ3) is 5.19. The second-order valence-corrected chi connectivity index (χ2v) is 6.09. The molecule has 1 aromatic rings. The van der Waals surface area contributed by atoms with Gasteiger partial charge in [-0.05, 0) is 30.0 Å². The second-order valence-electron chi connectivity index (χ2n) is 5.24. The summed E-state index contributed by atoms with van der Waals surface area (Å²) < 4.78 is 1.06. The Balaban J connectivity index is 2.36. The van der Waals surface area contributed by atoms with Crippen molar-refractivity contribution in [2.45, 2.75) is 26.7 Å². The molecule has 0 heterocycles. The van der Waals surface area contributed by atoms with E-state index in [0.717, 1.165) is 16.5 Å². The van der Waals surface area contributed by atoms with Crippen LogP contribution in [0.5, 0.6) is 0 Å². The van der Waals surface area contributed by atoms with Crippen LogP contribution in [0.3, 0.4) is 0 Å². The fourth-order valence-corrected chi connectivity index (χ4v) is 1.93. The zero-order valence-corrected chi connectivity index (χ0v) is 12.6. The number of aryl methyl sites for hydroxylation is 1. The maximum Gasteiger partial charge on any atom is 0.220 e. The number of carbonyl (C=O) groups is 1. The molecule has 0 saturated carbocycles. The van der Waals surface area contributed by atoms with Gasteiger partial charge in [-0.25, -0.2) is 0 Å². The van der Waals surface area contributed by atoms with Crippen LogP contribution in [0.15, 0.2) is 28.7 Å². The first-order chi connectivity index (χ1) is 8.44. The largest absolute Gasteiger partial charge is 0.356 e. The molecule has 0 aliphatic heterocycles. The number of hydrogen-bond donors (Lipinski definition) is 2. The number of nitrogens with one attached hydrogen (secondary N) is 1. The summed E-state index contributed by atoms with van der Waals surface area (Å²) in [5.74, 6) is 0.0762. The summed E-state index contributed by atoms with van der Waals surface area (Å²) in [5.41, 5.74) is 6.74. The van der Waals surface area contributed by atoms with Crippen LogP contribution in [0.2, 0.25) is 0 Å². The molecule has 18 heavy (non-hydrogen) atoms. The third-order valence-electron chi connectivity index (χ3n) is 2.90. The summed E-state index contributed by atoms with van der Waals surface area (Å²) in [4.78, 5) is 11.7. The van der Waals surface area contributed by atoms with Crippen LogP contribution in [-0.4, -0.2) is 19.0 Å². The number of amides is 1. The zero-order chi connectivity index (χ0) is 13.6. The van der Waals surface area contributed by atoms with Gasteiger partial charge in [-0.3, -0.25) is 4.79 Å². The van der Waals surface area contributed by atoms with Gasteiger partial charge in [0.05, 0.1) is 0 Å². The first kappa shape index (κ1) is 15.2. The van der Waals surface area contributed by atoms with Gasteiger partial charge >= 0.3 is 0 Å². The van der Waals surface area contributed by atoms with Crippen LogP contribution in [0.1, 0.15) is 25.8 Å². The minimum atomic E-state index is -0.0387. The van der Waals surface area contributed by atoms with E-state index in [9.17, 15) is 4.79 Å². The van der Waals surface area contributed by atoms with Crippen LogP contribution in [0, 0.1) is 5.41 Å². The molecule has 4 heteroatoms. The summed E-state index contributed by atoms with van der Waals surface area (Å²) in [6.07, 6.45) is 1.25. The van der Waals surface area contributed by atoms with Crippen LogP contribution in [0.4, 0.5) is 0 Å². The standard InChI is InChI=1S/C14H21BrN2O/c1-14(2,9-16)10-17-13(18)8-7-11-5-3-4-6-12(11)15/h3-6H,7-10,16H2,1-2H3,(H,17,18). The summed E-state index contributed by atoms with van der Waals surface area (Å²) in [7, 11) is 0. The topological polar surface area (TPSA) is 55.1 Å². The van der Waals surface area contributed by atoms with Gasteiger partial charge in [0, 0.05) is 17.4 Å². The molecule has 0 aromatic heterocycles. The van der Waals surface area contributed by atoms with E-state index in [1.54, 1.807) is 0 Å². The molecule has 0 aliphatic rings. The minimum Gasteiger partial charge on any atom is -0.356 e. The molecule has 0 bridgehead atoms. The second kappa shape index (κ2) is 6.90. The molecule has 0 fully saturated rings. The van der Waals surface area contributed by atoms with E-state index in [1.165, 1.54) is 0 Å². The van der Waals surface area contributed by atoms with E-state index >= 15 is 0 Å². The van der Waals surface area contributed by atoms with Crippen LogP contribution < -0.4 is 11.1 Å². The molecule has 1 aromatic carbocycles. The van der Waals surface area contributed by atoms with Crippen molar-refractivity contribution in [3.63, 3.8) is 0 Å². The molecule has 100 valence electrons. The Morgan fingerprint density at radius 1 is 1.39 bits per heavy atom. The maximum absolute atomic E-state index is 11.7. The molecule has 0 atom stereocenters. The fourth-order valence-electron chi connectivity index (χ4n) is 1.45. The van der Waals surface area contributed by atoms with E-state index < -0.39 is 0 Å². The lowest BCUT2D eigenvalue weighted by atomic mass is 9.94. The summed E-state index contributed by atoms with van der Waals surface area (Å²) in [6.45, 7) is 5.28. The third-order valence-corrected chi connectivity index (χ3v) is 3.67. The number of hydrogen-bond acceptors (Lipinski definition) is 2. The van der Waals surface area contributed by atoms with Gasteiger partial charge in [0.2, 0.25) is 5.91 Å². The van der Waals surface area contributed by atoms with Gasteiger partial charge in [-0.15, -0.1) is 0 Å². The normalized spacial score (nSPS) is 11.3. The van der Waals surface area contributed by atoms with Gasteiger partial charge in [0.15, 0.2) is 0 Å². The van der Waals surface area contributed by atoms with Crippen LogP contribution in [0.25, 0.3) is 0 Å². The molecule has 0 radical (unpaired) electrons. The number of halogens is 1. The quantitative estimate of drug-likeness (QED) is 0.848. The predicted octanol–water partition coefficient (Wildman–Crippen LogP) is 2.48. The Morgan fingerprint density at radius 2 is 2.06 bits per heavy atom. The van der Waals surface area contributed by atoms with Gasteiger partial charge in [-0.1, -0.05) is 48.0 Å². The highest BCUT2D eigenvalue weighted by atomic mass is 79.9. The lowest BCUT2D eigenvalue weighted by Gasteiger charge is -2.22. The van der Waals surface area contributed by atoms with E-state index in [2.05, 4.69) is 21.2 Å². The van der Waals surface area contributed by atoms with Crippen molar-refractivity contribution in [1.82, 2.24) is 5.32 Å². The number of nitrogens with two attached hydrogens (primary N) is 1. The lowest BCUT2D eigenvalue weighted by molar-refractivity contribution is -0.121. The van der Waals surface area contributed by atoms with Gasteiger partial charge in [0.1, 0.15) is 0 Å². The van der Waals surface area contributed by atoms with Crippen molar-refractivity contribution in [1.29, 1.82) is 0 Å². The summed E-state index contributed by atoms with van der Waals surface area (Å²) in [5, 5.41) is 2.93. The zero-order valence-electron chi connectivity index (χ0n) is 11.0. The SMILES string of the molecule is CC(C)(CN)CNC(=O)CCc1ccccc1Br. The van der Waals surface area contributed by atoms with E-state index in [-0.39, 0.29) is 11.3 Å². The van der Waals surface area contributed by atoms with E-state index in [1.807, 2.05) is 38.1 Å². The number of carbonyl (C=O) groups excluding carboxylic acids is 1. The molecule has 0 unspecified atom stereocenters. The lowest BCUT2D eigenvalue weighted by Crippen LogP contribution is -2.38. The summed E-state index contributed by atoms with van der Waals surface area (Å²) >= 11 is 3.48.